The standard InChI is InChI=1S/C62H101N11O14/c1-15-39(8)54(45(86-13)34-49(77)72-33-23-27-44(72)56(87-14)40(9)57(80)66-41(10)55(79)42-24-18-16-19-25-42)71(12)61(84)52(37(4)5)69-60(83)53(38(6)7)70(11)50(78)35-65-58(81)43(26-22-31-64-62(63)85)67-59(82)51(36(2)3)68-46(74)28-20-17-21-32-73-47(75)29-30-48(73)76/h16,18-19,24-25,29-30,36-41,43-45,51-56,79H,15,17,20-23,26-28,31-35H2,1-14H3,(H,65,81)(H,66,80)(H,67,82)(H,68,74)(H,69,83)(H3,63,64,85)/t39-,40+,41+,43?,44-,45+,51-,52-,53-,54-,55+,56+/m0/s1. The van der Waals surface area contributed by atoms with Crippen molar-refractivity contribution in [3.63, 3.8) is 0 Å². The van der Waals surface area contributed by atoms with Crippen molar-refractivity contribution in [2.45, 2.75) is 194 Å². The molecule has 488 valence electrons. The highest BCUT2D eigenvalue weighted by atomic mass is 16.5. The number of methoxy groups -OCH3 is 2. The number of carbonyl (C=O) groups excluding carboxylic acids is 11. The lowest BCUT2D eigenvalue weighted by Crippen LogP contribution is -2.61. The number of unbranched alkanes of at least 4 members (excludes halogenated alkanes) is 2. The fourth-order valence-electron chi connectivity index (χ4n) is 11.4. The molecule has 3 rings (SSSR count). The molecular formula is C62H101N11O14. The van der Waals surface area contributed by atoms with Crippen molar-refractivity contribution in [3.8, 4) is 0 Å². The predicted octanol–water partition coefficient (Wildman–Crippen LogP) is 2.44. The Morgan fingerprint density at radius 1 is 0.724 bits per heavy atom. The zero-order valence-corrected chi connectivity index (χ0v) is 53.7. The molecule has 0 bridgehead atoms. The highest BCUT2D eigenvalue weighted by Crippen LogP contribution is 2.30. The Kier molecular flexibility index (Phi) is 31.0. The molecule has 25 nitrogen and oxygen atoms in total. The minimum Gasteiger partial charge on any atom is -0.386 e. The highest BCUT2D eigenvalue weighted by molar-refractivity contribution is 6.12. The number of nitrogens with zero attached hydrogens (tertiary/aromatic N) is 4. The second-order valence-electron chi connectivity index (χ2n) is 24.1. The quantitative estimate of drug-likeness (QED) is 0.0351. The van der Waals surface area contributed by atoms with Gasteiger partial charge in [0.05, 0.1) is 55.3 Å². The van der Waals surface area contributed by atoms with Crippen LogP contribution in [0.3, 0.4) is 0 Å². The van der Waals surface area contributed by atoms with Gasteiger partial charge >= 0.3 is 6.03 Å². The summed E-state index contributed by atoms with van der Waals surface area (Å²) >= 11 is 0. The minimum absolute atomic E-state index is 0.00848. The summed E-state index contributed by atoms with van der Waals surface area (Å²) in [6.07, 6.45) is 3.41. The van der Waals surface area contributed by atoms with Gasteiger partial charge < -0.3 is 66.9 Å². The molecule has 2 heterocycles. The average molecular weight is 1220 g/mol. The van der Waals surface area contributed by atoms with Crippen molar-refractivity contribution in [1.82, 2.24) is 51.5 Å². The number of likely N-dealkylation sites (N-methyl/N-ethyl adjacent to an activating group) is 2. The molecule has 12 atom stereocenters. The minimum atomic E-state index is -1.24. The normalized spacial score (nSPS) is 17.9. The Labute approximate surface area is 514 Å². The molecule has 0 saturated carbocycles. The SMILES string of the molecule is CC[C@H](C)[C@@H]([C@@H](CC(=O)N1CCC[C@H]1[C@H](OC)[C@@H](C)C(=O)N[C@H](C)[C@@H](O)c1ccccc1)OC)N(C)C(=O)[C@@H](NC(=O)[C@H](C(C)C)N(C)C(=O)CNC(=O)C(CCCNC(N)=O)NC(=O)[C@@H](NC(=O)CCCCCN1C(=O)C=CC1=O)C(C)C)C(C)C. The topological polar surface area (TPSA) is 338 Å². The van der Waals surface area contributed by atoms with Gasteiger partial charge in [-0.2, -0.15) is 0 Å². The molecule has 0 spiro atoms. The van der Waals surface area contributed by atoms with E-state index in [1.165, 1.54) is 43.2 Å². The van der Waals surface area contributed by atoms with E-state index >= 15 is 0 Å². The summed E-state index contributed by atoms with van der Waals surface area (Å²) in [5.41, 5.74) is 5.90. The molecule has 25 heteroatoms. The zero-order chi connectivity index (χ0) is 65.4. The monoisotopic (exact) mass is 1220 g/mol. The van der Waals surface area contributed by atoms with Crippen LogP contribution in [-0.4, -0.2) is 199 Å². The summed E-state index contributed by atoms with van der Waals surface area (Å²) < 4.78 is 12.0. The van der Waals surface area contributed by atoms with Gasteiger partial charge in [0.2, 0.25) is 47.3 Å². The smallest absolute Gasteiger partial charge is 0.312 e. The maximum Gasteiger partial charge on any atom is 0.312 e. The molecule has 0 aromatic heterocycles. The van der Waals surface area contributed by atoms with E-state index in [9.17, 15) is 57.8 Å². The Hall–Kier alpha value is -6.99. The number of hydrogen-bond acceptors (Lipinski definition) is 14. The van der Waals surface area contributed by atoms with Crippen LogP contribution in [-0.2, 0) is 57.4 Å². The van der Waals surface area contributed by atoms with Gasteiger partial charge in [-0.05, 0) is 74.7 Å². The number of primary amides is 1. The number of imide groups is 1. The third-order valence-corrected chi connectivity index (χ3v) is 16.7. The highest BCUT2D eigenvalue weighted by Gasteiger charge is 2.44. The van der Waals surface area contributed by atoms with Crippen LogP contribution in [0.1, 0.15) is 145 Å². The number of carbonyl (C=O) groups is 11. The summed E-state index contributed by atoms with van der Waals surface area (Å²) in [5, 5.41) is 27.2. The van der Waals surface area contributed by atoms with Crippen LogP contribution < -0.4 is 37.6 Å². The van der Waals surface area contributed by atoms with E-state index in [-0.39, 0.29) is 68.3 Å². The number of hydrogen-bond donors (Lipinski definition) is 8. The van der Waals surface area contributed by atoms with Crippen molar-refractivity contribution in [2.24, 2.45) is 35.3 Å². The van der Waals surface area contributed by atoms with Gasteiger partial charge in [0, 0.05) is 66.5 Å². The van der Waals surface area contributed by atoms with Crippen LogP contribution in [0, 0.1) is 29.6 Å². The summed E-state index contributed by atoms with van der Waals surface area (Å²) in [7, 11) is 6.01. The fourth-order valence-corrected chi connectivity index (χ4v) is 11.4. The van der Waals surface area contributed by atoms with E-state index in [1.54, 1.807) is 79.5 Å². The predicted molar refractivity (Wildman–Crippen MR) is 326 cm³/mol. The Morgan fingerprint density at radius 2 is 1.36 bits per heavy atom. The molecule has 1 aromatic rings. The molecule has 1 fully saturated rings. The van der Waals surface area contributed by atoms with Gasteiger partial charge in [-0.1, -0.05) is 105 Å². The van der Waals surface area contributed by atoms with Crippen LogP contribution in [0.5, 0.6) is 0 Å². The fraction of sp³-hybridized carbons (Fsp3) is 0.694. The number of nitrogens with one attached hydrogen (secondary N) is 6. The van der Waals surface area contributed by atoms with Crippen LogP contribution in [0.15, 0.2) is 42.5 Å². The first-order valence-corrected chi connectivity index (χ1v) is 30.7. The van der Waals surface area contributed by atoms with Gasteiger partial charge in [-0.3, -0.25) is 52.8 Å². The second kappa shape index (κ2) is 36.4. The van der Waals surface area contributed by atoms with Crippen molar-refractivity contribution in [3.05, 3.63) is 48.0 Å². The van der Waals surface area contributed by atoms with Crippen LogP contribution in [0.4, 0.5) is 4.79 Å². The van der Waals surface area contributed by atoms with Crippen molar-refractivity contribution < 1.29 is 67.3 Å². The second-order valence-corrected chi connectivity index (χ2v) is 24.1. The van der Waals surface area contributed by atoms with Gasteiger partial charge in [-0.25, -0.2) is 4.79 Å². The molecule has 0 radical (unpaired) electrons. The van der Waals surface area contributed by atoms with E-state index < -0.39 is 132 Å². The number of ether oxygens (including phenoxy) is 2. The Balaban J connectivity index is 1.72. The lowest BCUT2D eigenvalue weighted by molar-refractivity contribution is -0.148. The van der Waals surface area contributed by atoms with E-state index in [2.05, 4.69) is 31.9 Å². The number of benzene rings is 1. The molecule has 2 aliphatic heterocycles. The summed E-state index contributed by atoms with van der Waals surface area (Å²) in [5.74, 6) is -7.22. The first kappa shape index (κ1) is 74.3. The van der Waals surface area contributed by atoms with Crippen molar-refractivity contribution >= 4 is 65.1 Å². The summed E-state index contributed by atoms with van der Waals surface area (Å²) in [6.45, 7) is 17.9. The van der Waals surface area contributed by atoms with Gasteiger partial charge in [-0.15, -0.1) is 0 Å². The number of nitrogens with two attached hydrogens (primary N) is 1. The molecule has 9 N–H and O–H groups in total. The lowest BCUT2D eigenvalue weighted by Gasteiger charge is -2.41. The zero-order valence-electron chi connectivity index (χ0n) is 53.7. The van der Waals surface area contributed by atoms with Gasteiger partial charge in [0.25, 0.3) is 11.8 Å². The van der Waals surface area contributed by atoms with Crippen LogP contribution in [0.25, 0.3) is 0 Å². The number of aliphatic hydroxyl groups is 1. The molecule has 1 aromatic carbocycles. The van der Waals surface area contributed by atoms with Crippen LogP contribution >= 0.6 is 0 Å². The van der Waals surface area contributed by atoms with Crippen molar-refractivity contribution in [2.75, 3.05) is 54.5 Å². The Morgan fingerprint density at radius 3 is 1.92 bits per heavy atom. The van der Waals surface area contributed by atoms with Crippen molar-refractivity contribution in [1.29, 1.82) is 0 Å². The third kappa shape index (κ3) is 22.0. The first-order valence-electron chi connectivity index (χ1n) is 30.7. The average Bonchev–Trinajstić information content (AvgIpc) is 4.25. The van der Waals surface area contributed by atoms with E-state index in [4.69, 9.17) is 15.2 Å². The van der Waals surface area contributed by atoms with E-state index in [1.807, 2.05) is 32.0 Å². The lowest BCUT2D eigenvalue weighted by atomic mass is 9.89. The Bertz CT molecular complexity index is 2500. The van der Waals surface area contributed by atoms with Gasteiger partial charge in [0.15, 0.2) is 0 Å². The first-order chi connectivity index (χ1) is 41.0. The molecule has 0 aliphatic carbocycles. The number of likely N-dealkylation sites (tertiary alicyclic amines) is 1. The molecule has 2 aliphatic rings. The summed E-state index contributed by atoms with van der Waals surface area (Å²) in [4.78, 5) is 153. The molecule has 1 unspecified atom stereocenters. The molecule has 1 saturated heterocycles. The van der Waals surface area contributed by atoms with E-state index in [0.717, 1.165) is 4.90 Å². The summed E-state index contributed by atoms with van der Waals surface area (Å²) in [6, 6.07) is 1.99. The molecular weight excluding hydrogens is 1120 g/mol. The largest absolute Gasteiger partial charge is 0.386 e. The van der Waals surface area contributed by atoms with E-state index in [0.29, 0.717) is 50.6 Å². The third-order valence-electron chi connectivity index (χ3n) is 16.7. The number of urea groups is 1. The van der Waals surface area contributed by atoms with Gasteiger partial charge in [0.1, 0.15) is 24.2 Å². The van der Waals surface area contributed by atoms with Crippen LogP contribution in [0.2, 0.25) is 0 Å². The molecule has 87 heavy (non-hydrogen) atoms. The number of rotatable bonds is 37. The molecule has 12 amide bonds. The maximum atomic E-state index is 14.8. The maximum absolute atomic E-state index is 14.8. The number of amides is 12. The number of aliphatic hydroxyl groups excluding tert-OH is 1.